The van der Waals surface area contributed by atoms with E-state index in [1.165, 1.54) is 22.5 Å². The normalized spacial score (nSPS) is 15.4. The molecule has 0 unspecified atom stereocenters. The van der Waals surface area contributed by atoms with E-state index in [0.29, 0.717) is 16.9 Å². The number of nitrogens with one attached hydrogen (secondary N) is 1. The number of benzene rings is 2. The number of hydrogen-bond donors (Lipinski definition) is 1. The molecule has 0 radical (unpaired) electrons. The van der Waals surface area contributed by atoms with Crippen LogP contribution < -0.4 is 5.32 Å². The second-order valence-corrected chi connectivity index (χ2v) is 7.52. The van der Waals surface area contributed by atoms with E-state index < -0.39 is 0 Å². The van der Waals surface area contributed by atoms with Crippen LogP contribution in [0.15, 0.2) is 60.8 Å². The monoisotopic (exact) mass is 392 g/mol. The number of para-hydroxylation sites is 1. The van der Waals surface area contributed by atoms with Gasteiger partial charge in [-0.05, 0) is 37.5 Å². The molecule has 150 valence electrons. The summed E-state index contributed by atoms with van der Waals surface area (Å²) in [4.78, 5) is 15.2. The lowest BCUT2D eigenvalue weighted by molar-refractivity contribution is 0.0908. The van der Waals surface area contributed by atoms with Gasteiger partial charge in [0.05, 0.1) is 17.5 Å². The molecule has 0 spiro atoms. The van der Waals surface area contributed by atoms with Crippen LogP contribution in [0.2, 0.25) is 0 Å². The summed E-state index contributed by atoms with van der Waals surface area (Å²) >= 11 is 0. The van der Waals surface area contributed by atoms with E-state index in [2.05, 4.69) is 39.6 Å². The fourth-order valence-corrected chi connectivity index (χ4v) is 3.84. The molecule has 1 saturated heterocycles. The Morgan fingerprint density at radius 3 is 2.52 bits per heavy atom. The molecular formula is C23H25FN4O. The van der Waals surface area contributed by atoms with E-state index in [1.807, 2.05) is 6.07 Å². The van der Waals surface area contributed by atoms with Crippen LogP contribution in [-0.2, 0) is 6.54 Å². The van der Waals surface area contributed by atoms with Crippen LogP contribution in [0.1, 0.15) is 34.5 Å². The Bertz CT molecular complexity index is 978. The largest absolute Gasteiger partial charge is 0.349 e. The lowest BCUT2D eigenvalue weighted by Crippen LogP contribution is -2.44. The number of piperidine rings is 1. The predicted molar refractivity (Wildman–Crippen MR) is 110 cm³/mol. The van der Waals surface area contributed by atoms with E-state index in [4.69, 9.17) is 0 Å². The van der Waals surface area contributed by atoms with Gasteiger partial charge in [-0.2, -0.15) is 5.10 Å². The third-order valence-corrected chi connectivity index (χ3v) is 5.51. The molecule has 5 nitrogen and oxygen atoms in total. The maximum atomic E-state index is 14.1. The zero-order valence-electron chi connectivity index (χ0n) is 16.5. The number of rotatable bonds is 5. The number of aromatic nitrogens is 2. The molecule has 3 aromatic rings. The van der Waals surface area contributed by atoms with E-state index in [0.717, 1.165) is 32.5 Å². The van der Waals surface area contributed by atoms with Gasteiger partial charge in [0, 0.05) is 25.7 Å². The highest BCUT2D eigenvalue weighted by Crippen LogP contribution is 2.18. The Balaban J connectivity index is 1.35. The number of likely N-dealkylation sites (tertiary alicyclic amines) is 1. The first kappa shape index (κ1) is 19.3. The minimum atomic E-state index is -0.364. The SMILES string of the molecule is Cc1c(C(=O)NC2CCN(Cc3ccccc3)CC2)cnn1-c1ccccc1F. The van der Waals surface area contributed by atoms with Crippen molar-refractivity contribution in [3.05, 3.63) is 83.4 Å². The first-order chi connectivity index (χ1) is 14.1. The average Bonchev–Trinajstić information content (AvgIpc) is 3.12. The van der Waals surface area contributed by atoms with Crippen molar-refractivity contribution in [1.29, 1.82) is 0 Å². The minimum Gasteiger partial charge on any atom is -0.349 e. The van der Waals surface area contributed by atoms with E-state index in [1.54, 1.807) is 25.1 Å². The zero-order chi connectivity index (χ0) is 20.2. The number of halogens is 1. The van der Waals surface area contributed by atoms with E-state index >= 15 is 0 Å². The van der Waals surface area contributed by atoms with Crippen molar-refractivity contribution in [2.75, 3.05) is 13.1 Å². The van der Waals surface area contributed by atoms with Crippen LogP contribution in [0, 0.1) is 12.7 Å². The van der Waals surface area contributed by atoms with Crippen molar-refractivity contribution in [3.8, 4) is 5.69 Å². The molecule has 1 N–H and O–H groups in total. The molecule has 1 fully saturated rings. The minimum absolute atomic E-state index is 0.144. The summed E-state index contributed by atoms with van der Waals surface area (Å²) in [5.74, 6) is -0.511. The highest BCUT2D eigenvalue weighted by atomic mass is 19.1. The molecule has 0 aliphatic carbocycles. The van der Waals surface area contributed by atoms with E-state index in [-0.39, 0.29) is 17.8 Å². The Hall–Kier alpha value is -2.99. The lowest BCUT2D eigenvalue weighted by atomic mass is 10.0. The highest BCUT2D eigenvalue weighted by Gasteiger charge is 2.23. The topological polar surface area (TPSA) is 50.2 Å². The molecule has 6 heteroatoms. The third-order valence-electron chi connectivity index (χ3n) is 5.51. The fraction of sp³-hybridized carbons (Fsp3) is 0.304. The van der Waals surface area contributed by atoms with Gasteiger partial charge in [-0.15, -0.1) is 0 Å². The molecule has 1 aromatic heterocycles. The summed E-state index contributed by atoms with van der Waals surface area (Å²) in [6.07, 6.45) is 3.35. The van der Waals surface area contributed by atoms with E-state index in [9.17, 15) is 9.18 Å². The second-order valence-electron chi connectivity index (χ2n) is 7.52. The van der Waals surface area contributed by atoms with Crippen LogP contribution in [0.3, 0.4) is 0 Å². The maximum Gasteiger partial charge on any atom is 0.254 e. The Labute approximate surface area is 170 Å². The maximum absolute atomic E-state index is 14.1. The third kappa shape index (κ3) is 4.38. The smallest absolute Gasteiger partial charge is 0.254 e. The Morgan fingerprint density at radius 1 is 1.10 bits per heavy atom. The molecule has 0 atom stereocenters. The first-order valence-electron chi connectivity index (χ1n) is 9.98. The second kappa shape index (κ2) is 8.57. The van der Waals surface area contributed by atoms with Crippen LogP contribution in [-0.4, -0.2) is 39.7 Å². The predicted octanol–water partition coefficient (Wildman–Crippen LogP) is 3.71. The summed E-state index contributed by atoms with van der Waals surface area (Å²) in [5, 5.41) is 7.35. The molecule has 0 saturated carbocycles. The summed E-state index contributed by atoms with van der Waals surface area (Å²) in [5.41, 5.74) is 2.78. The molecule has 2 heterocycles. The fourth-order valence-electron chi connectivity index (χ4n) is 3.84. The van der Waals surface area contributed by atoms with Gasteiger partial charge in [-0.25, -0.2) is 9.07 Å². The van der Waals surface area contributed by atoms with Crippen LogP contribution in [0.4, 0.5) is 4.39 Å². The van der Waals surface area contributed by atoms with Crippen molar-refractivity contribution in [3.63, 3.8) is 0 Å². The zero-order valence-corrected chi connectivity index (χ0v) is 16.5. The van der Waals surface area contributed by atoms with Crippen molar-refractivity contribution in [2.45, 2.75) is 32.4 Å². The van der Waals surface area contributed by atoms with Gasteiger partial charge in [-0.3, -0.25) is 9.69 Å². The summed E-state index contributed by atoms with van der Waals surface area (Å²) in [6, 6.07) is 17.0. The lowest BCUT2D eigenvalue weighted by Gasteiger charge is -2.32. The molecule has 1 aliphatic heterocycles. The molecule has 29 heavy (non-hydrogen) atoms. The quantitative estimate of drug-likeness (QED) is 0.720. The molecule has 4 rings (SSSR count). The number of hydrogen-bond acceptors (Lipinski definition) is 3. The van der Waals surface area contributed by atoms with Gasteiger partial charge in [-0.1, -0.05) is 42.5 Å². The van der Waals surface area contributed by atoms with Crippen molar-refractivity contribution >= 4 is 5.91 Å². The van der Waals surface area contributed by atoms with Gasteiger partial charge >= 0.3 is 0 Å². The highest BCUT2D eigenvalue weighted by molar-refractivity contribution is 5.95. The van der Waals surface area contributed by atoms with Gasteiger partial charge in [0.1, 0.15) is 11.5 Å². The molecule has 1 aliphatic rings. The molecular weight excluding hydrogens is 367 g/mol. The Morgan fingerprint density at radius 2 is 1.79 bits per heavy atom. The van der Waals surface area contributed by atoms with Crippen molar-refractivity contribution in [1.82, 2.24) is 20.0 Å². The van der Waals surface area contributed by atoms with Gasteiger partial charge in [0.2, 0.25) is 0 Å². The number of carbonyl (C=O) groups excluding carboxylic acids is 1. The van der Waals surface area contributed by atoms with Gasteiger partial charge in [0.25, 0.3) is 5.91 Å². The van der Waals surface area contributed by atoms with Crippen LogP contribution in [0.5, 0.6) is 0 Å². The van der Waals surface area contributed by atoms with Crippen LogP contribution >= 0.6 is 0 Å². The standard InChI is InChI=1S/C23H25FN4O/c1-17-20(15-25-28(17)22-10-6-5-9-21(22)24)23(29)26-19-11-13-27(14-12-19)16-18-7-3-2-4-8-18/h2-10,15,19H,11-14,16H2,1H3,(H,26,29). The summed E-state index contributed by atoms with van der Waals surface area (Å²) < 4.78 is 15.5. The molecule has 0 bridgehead atoms. The van der Waals surface area contributed by atoms with Gasteiger partial charge < -0.3 is 5.32 Å². The molecule has 1 amide bonds. The van der Waals surface area contributed by atoms with Crippen molar-refractivity contribution < 1.29 is 9.18 Å². The first-order valence-corrected chi connectivity index (χ1v) is 9.98. The summed E-state index contributed by atoms with van der Waals surface area (Å²) in [7, 11) is 0. The number of nitrogens with zero attached hydrogens (tertiary/aromatic N) is 3. The Kier molecular flexibility index (Phi) is 5.71. The molecule has 2 aromatic carbocycles. The summed E-state index contributed by atoms with van der Waals surface area (Å²) in [6.45, 7) is 4.63. The average molecular weight is 392 g/mol. The van der Waals surface area contributed by atoms with Crippen LogP contribution in [0.25, 0.3) is 5.69 Å². The number of carbonyl (C=O) groups is 1. The number of amides is 1. The van der Waals surface area contributed by atoms with Gasteiger partial charge in [0.15, 0.2) is 0 Å². The van der Waals surface area contributed by atoms with Crippen molar-refractivity contribution in [2.24, 2.45) is 0 Å².